The van der Waals surface area contributed by atoms with Crippen molar-refractivity contribution >= 4 is 11.6 Å². The van der Waals surface area contributed by atoms with E-state index in [1.807, 2.05) is 19.2 Å². The summed E-state index contributed by atoms with van der Waals surface area (Å²) in [5, 5.41) is 4.46. The second kappa shape index (κ2) is 9.81. The molecule has 4 rings (SSSR count). The molecule has 0 saturated heterocycles. The second-order valence-electron chi connectivity index (χ2n) is 9.79. The molecule has 0 N–H and O–H groups in total. The molecule has 4 aromatic heterocycles. The summed E-state index contributed by atoms with van der Waals surface area (Å²) in [4.78, 5) is 21.4. The Kier molecular flexibility index (Phi) is 6.95. The monoisotopic (exact) mass is 513 g/mol. The standard InChI is InChI=1S/C26H26ClF2N5O2/c1-15-12-31-23(33-7-6-18(32-33)11-26(3,4)5)10-21(15)34-16(2)8-22(24(27)25(34)35)36-14-20-19(29)9-17(28)13-30-20/h6-10,12-13H,11,14H2,1-5H3. The molecule has 0 radical (unpaired) electrons. The third-order valence-corrected chi connectivity index (χ3v) is 5.79. The molecule has 0 saturated carbocycles. The molecule has 36 heavy (non-hydrogen) atoms. The first-order valence-electron chi connectivity index (χ1n) is 11.3. The summed E-state index contributed by atoms with van der Waals surface area (Å²) in [5.74, 6) is -1.01. The predicted octanol–water partition coefficient (Wildman–Crippen LogP) is 5.53. The molecule has 7 nitrogen and oxygen atoms in total. The van der Waals surface area contributed by atoms with Crippen LogP contribution in [0.15, 0.2) is 47.7 Å². The quantitative estimate of drug-likeness (QED) is 0.339. The van der Waals surface area contributed by atoms with Crippen LogP contribution in [0.25, 0.3) is 11.5 Å². The molecule has 10 heteroatoms. The Morgan fingerprint density at radius 1 is 1.08 bits per heavy atom. The van der Waals surface area contributed by atoms with Gasteiger partial charge >= 0.3 is 0 Å². The fraction of sp³-hybridized carbons (Fsp3) is 0.308. The first-order chi connectivity index (χ1) is 16.9. The molecule has 4 heterocycles. The van der Waals surface area contributed by atoms with Gasteiger partial charge < -0.3 is 4.74 Å². The van der Waals surface area contributed by atoms with Gasteiger partial charge in [0.2, 0.25) is 0 Å². The minimum atomic E-state index is -0.847. The average Bonchev–Trinajstić information content (AvgIpc) is 3.24. The molecule has 4 aromatic rings. The molecule has 0 fully saturated rings. The number of hydrogen-bond donors (Lipinski definition) is 0. The Labute approximate surface area is 212 Å². The van der Waals surface area contributed by atoms with Crippen LogP contribution >= 0.6 is 11.6 Å². The lowest BCUT2D eigenvalue weighted by Gasteiger charge is -2.17. The minimum absolute atomic E-state index is 0.0757. The molecule has 0 aliphatic carbocycles. The molecule has 0 aliphatic heterocycles. The minimum Gasteiger partial charge on any atom is -0.485 e. The maximum Gasteiger partial charge on any atom is 0.277 e. The van der Waals surface area contributed by atoms with Crippen molar-refractivity contribution in [3.63, 3.8) is 0 Å². The Morgan fingerprint density at radius 2 is 1.83 bits per heavy atom. The van der Waals surface area contributed by atoms with Crippen LogP contribution in [-0.4, -0.2) is 24.3 Å². The van der Waals surface area contributed by atoms with Crippen molar-refractivity contribution in [2.75, 3.05) is 0 Å². The number of halogens is 3. The number of aryl methyl sites for hydroxylation is 2. The normalized spacial score (nSPS) is 11.7. The van der Waals surface area contributed by atoms with Crippen LogP contribution < -0.4 is 10.3 Å². The fourth-order valence-corrected chi connectivity index (χ4v) is 3.97. The maximum absolute atomic E-state index is 13.9. The van der Waals surface area contributed by atoms with Crippen molar-refractivity contribution in [1.82, 2.24) is 24.3 Å². The van der Waals surface area contributed by atoms with E-state index in [4.69, 9.17) is 16.3 Å². The Balaban J connectivity index is 1.67. The third-order valence-electron chi connectivity index (χ3n) is 5.44. The lowest BCUT2D eigenvalue weighted by molar-refractivity contribution is 0.292. The Bertz CT molecular complexity index is 1490. The summed E-state index contributed by atoms with van der Waals surface area (Å²) in [6, 6.07) is 6.02. The van der Waals surface area contributed by atoms with Crippen molar-refractivity contribution in [3.8, 4) is 17.3 Å². The molecule has 188 valence electrons. The molecule has 0 aliphatic rings. The zero-order valence-corrected chi connectivity index (χ0v) is 21.4. The second-order valence-corrected chi connectivity index (χ2v) is 10.2. The van der Waals surface area contributed by atoms with Gasteiger partial charge in [0, 0.05) is 36.3 Å². The highest BCUT2D eigenvalue weighted by molar-refractivity contribution is 6.31. The Hall–Kier alpha value is -3.59. The van der Waals surface area contributed by atoms with Crippen molar-refractivity contribution in [1.29, 1.82) is 0 Å². The first kappa shape index (κ1) is 25.5. The zero-order chi connectivity index (χ0) is 26.2. The van der Waals surface area contributed by atoms with E-state index in [9.17, 15) is 13.6 Å². The van der Waals surface area contributed by atoms with Gasteiger partial charge in [-0.05, 0) is 37.3 Å². The number of aromatic nitrogens is 5. The maximum atomic E-state index is 13.9. The summed E-state index contributed by atoms with van der Waals surface area (Å²) in [6.45, 7) is 9.70. The van der Waals surface area contributed by atoms with E-state index in [1.165, 1.54) is 4.57 Å². The van der Waals surface area contributed by atoms with Gasteiger partial charge in [0.25, 0.3) is 5.56 Å². The highest BCUT2D eigenvalue weighted by Gasteiger charge is 2.18. The van der Waals surface area contributed by atoms with Crippen molar-refractivity contribution in [2.45, 2.75) is 47.6 Å². The summed E-state index contributed by atoms with van der Waals surface area (Å²) in [6.07, 6.45) is 5.21. The number of hydrogen-bond acceptors (Lipinski definition) is 5. The lowest BCUT2D eigenvalue weighted by atomic mass is 9.91. The SMILES string of the molecule is Cc1cnc(-n2ccc(CC(C)(C)C)n2)cc1-n1c(C)cc(OCc2ncc(F)cc2F)c(Cl)c1=O. The summed E-state index contributed by atoms with van der Waals surface area (Å²) in [7, 11) is 0. The molecular formula is C26H26ClF2N5O2. The largest absolute Gasteiger partial charge is 0.485 e. The van der Waals surface area contributed by atoms with E-state index in [2.05, 4.69) is 35.8 Å². The van der Waals surface area contributed by atoms with Crippen molar-refractivity contribution in [2.24, 2.45) is 5.41 Å². The molecule has 0 atom stereocenters. The molecule has 0 amide bonds. The lowest BCUT2D eigenvalue weighted by Crippen LogP contribution is -2.23. The van der Waals surface area contributed by atoms with Crippen LogP contribution in [0.5, 0.6) is 5.75 Å². The van der Waals surface area contributed by atoms with Crippen LogP contribution in [0.4, 0.5) is 8.78 Å². The van der Waals surface area contributed by atoms with E-state index >= 15 is 0 Å². The van der Waals surface area contributed by atoms with E-state index < -0.39 is 17.2 Å². The van der Waals surface area contributed by atoms with E-state index in [0.717, 1.165) is 23.9 Å². The summed E-state index contributed by atoms with van der Waals surface area (Å²) in [5.41, 5.74) is 2.32. The van der Waals surface area contributed by atoms with E-state index in [0.29, 0.717) is 23.3 Å². The van der Waals surface area contributed by atoms with Gasteiger partial charge in [0.15, 0.2) is 11.6 Å². The summed E-state index contributed by atoms with van der Waals surface area (Å²) < 4.78 is 35.7. The van der Waals surface area contributed by atoms with Crippen LogP contribution in [0.3, 0.4) is 0 Å². The number of pyridine rings is 3. The topological polar surface area (TPSA) is 74.8 Å². The number of ether oxygens (including phenoxy) is 1. The number of nitrogens with zero attached hydrogens (tertiary/aromatic N) is 5. The number of rotatable bonds is 6. The molecule has 0 spiro atoms. The van der Waals surface area contributed by atoms with Gasteiger partial charge in [0.1, 0.15) is 28.9 Å². The van der Waals surface area contributed by atoms with Crippen LogP contribution in [-0.2, 0) is 13.0 Å². The zero-order valence-electron chi connectivity index (χ0n) is 20.6. The smallest absolute Gasteiger partial charge is 0.277 e. The van der Waals surface area contributed by atoms with E-state index in [1.54, 1.807) is 29.9 Å². The van der Waals surface area contributed by atoms with Gasteiger partial charge in [-0.25, -0.2) is 18.4 Å². The molecular weight excluding hydrogens is 488 g/mol. The highest BCUT2D eigenvalue weighted by Crippen LogP contribution is 2.26. The average molecular weight is 514 g/mol. The van der Waals surface area contributed by atoms with Crippen LogP contribution in [0, 0.1) is 30.9 Å². The Morgan fingerprint density at radius 3 is 2.53 bits per heavy atom. The van der Waals surface area contributed by atoms with Gasteiger partial charge in [-0.2, -0.15) is 5.10 Å². The third kappa shape index (κ3) is 5.46. The van der Waals surface area contributed by atoms with Crippen molar-refractivity contribution in [3.05, 3.63) is 92.5 Å². The first-order valence-corrected chi connectivity index (χ1v) is 11.7. The molecule has 0 aromatic carbocycles. The van der Waals surface area contributed by atoms with Gasteiger partial charge in [-0.3, -0.25) is 14.3 Å². The summed E-state index contributed by atoms with van der Waals surface area (Å²) >= 11 is 6.36. The van der Waals surface area contributed by atoms with Gasteiger partial charge in [-0.1, -0.05) is 32.4 Å². The van der Waals surface area contributed by atoms with Crippen molar-refractivity contribution < 1.29 is 13.5 Å². The predicted molar refractivity (Wildman–Crippen MR) is 133 cm³/mol. The fourth-order valence-electron chi connectivity index (χ4n) is 3.78. The van der Waals surface area contributed by atoms with Gasteiger partial charge in [-0.15, -0.1) is 0 Å². The molecule has 0 unspecified atom stereocenters. The van der Waals surface area contributed by atoms with Gasteiger partial charge in [0.05, 0.1) is 17.6 Å². The van der Waals surface area contributed by atoms with Crippen LogP contribution in [0.1, 0.15) is 43.4 Å². The van der Waals surface area contributed by atoms with E-state index in [-0.39, 0.29) is 28.5 Å². The van der Waals surface area contributed by atoms with Crippen LogP contribution in [0.2, 0.25) is 5.02 Å². The highest BCUT2D eigenvalue weighted by atomic mass is 35.5. The molecule has 0 bridgehead atoms.